The number of anilines is 1. The number of hydrogen-bond acceptors (Lipinski definition) is 3. The standard InChI is InChI=1S/C13H17N3/c1-10-7-11(8-14)4-5-13(10)16-6-2-3-12(15)9-16/h4-5,7,12H,2-3,6,9,15H2,1H3. The molecule has 2 N–H and O–H groups in total. The zero-order valence-electron chi connectivity index (χ0n) is 9.61. The third-order valence-corrected chi connectivity index (χ3v) is 3.12. The van der Waals surface area contributed by atoms with Gasteiger partial charge in [0.1, 0.15) is 0 Å². The fourth-order valence-electron chi connectivity index (χ4n) is 2.31. The summed E-state index contributed by atoms with van der Waals surface area (Å²) in [5.41, 5.74) is 9.08. The molecular formula is C13H17N3. The first kappa shape index (κ1) is 11.0. The molecule has 3 nitrogen and oxygen atoms in total. The lowest BCUT2D eigenvalue weighted by Crippen LogP contribution is -2.43. The maximum Gasteiger partial charge on any atom is 0.0991 e. The first-order chi connectivity index (χ1) is 7.70. The van der Waals surface area contributed by atoms with E-state index in [1.807, 2.05) is 18.2 Å². The lowest BCUT2D eigenvalue weighted by molar-refractivity contribution is 0.505. The lowest BCUT2D eigenvalue weighted by atomic mass is 10.0. The largest absolute Gasteiger partial charge is 0.370 e. The molecule has 1 saturated heterocycles. The smallest absolute Gasteiger partial charge is 0.0991 e. The topological polar surface area (TPSA) is 53.0 Å². The summed E-state index contributed by atoms with van der Waals surface area (Å²) in [5.74, 6) is 0. The molecule has 0 radical (unpaired) electrons. The van der Waals surface area contributed by atoms with Crippen LogP contribution in [0.4, 0.5) is 5.69 Å². The molecule has 0 spiro atoms. The second kappa shape index (κ2) is 4.54. The van der Waals surface area contributed by atoms with Gasteiger partial charge >= 0.3 is 0 Å². The minimum atomic E-state index is 0.281. The molecule has 1 unspecified atom stereocenters. The Morgan fingerprint density at radius 1 is 1.50 bits per heavy atom. The minimum Gasteiger partial charge on any atom is -0.370 e. The molecule has 1 aromatic rings. The second-order valence-corrected chi connectivity index (χ2v) is 4.46. The molecule has 0 saturated carbocycles. The molecule has 0 aromatic heterocycles. The molecule has 3 heteroatoms. The normalized spacial score (nSPS) is 20.6. The van der Waals surface area contributed by atoms with Gasteiger partial charge in [-0.2, -0.15) is 5.26 Å². The van der Waals surface area contributed by atoms with Crippen molar-refractivity contribution in [3.05, 3.63) is 29.3 Å². The van der Waals surface area contributed by atoms with E-state index in [-0.39, 0.29) is 6.04 Å². The highest BCUT2D eigenvalue weighted by molar-refractivity contribution is 5.56. The van der Waals surface area contributed by atoms with E-state index < -0.39 is 0 Å². The molecule has 1 aliphatic rings. The molecule has 0 aliphatic carbocycles. The summed E-state index contributed by atoms with van der Waals surface area (Å²) in [6.07, 6.45) is 2.27. The van der Waals surface area contributed by atoms with Crippen LogP contribution in [0.15, 0.2) is 18.2 Å². The van der Waals surface area contributed by atoms with Crippen LogP contribution in [0.3, 0.4) is 0 Å². The van der Waals surface area contributed by atoms with Crippen molar-refractivity contribution in [2.75, 3.05) is 18.0 Å². The van der Waals surface area contributed by atoms with Crippen molar-refractivity contribution in [3.8, 4) is 6.07 Å². The van der Waals surface area contributed by atoms with Gasteiger partial charge in [-0.1, -0.05) is 0 Å². The third-order valence-electron chi connectivity index (χ3n) is 3.12. The zero-order valence-corrected chi connectivity index (χ0v) is 9.61. The lowest BCUT2D eigenvalue weighted by Gasteiger charge is -2.33. The van der Waals surface area contributed by atoms with E-state index in [9.17, 15) is 0 Å². The summed E-state index contributed by atoms with van der Waals surface area (Å²) in [6, 6.07) is 8.30. The third kappa shape index (κ3) is 2.17. The van der Waals surface area contributed by atoms with Crippen LogP contribution in [0.1, 0.15) is 24.0 Å². The Morgan fingerprint density at radius 2 is 2.31 bits per heavy atom. The van der Waals surface area contributed by atoms with Gasteiger partial charge in [-0.25, -0.2) is 0 Å². The van der Waals surface area contributed by atoms with Gasteiger partial charge in [0.05, 0.1) is 11.6 Å². The van der Waals surface area contributed by atoms with Gasteiger partial charge in [-0.3, -0.25) is 0 Å². The summed E-state index contributed by atoms with van der Waals surface area (Å²) in [7, 11) is 0. The molecular weight excluding hydrogens is 198 g/mol. The first-order valence-corrected chi connectivity index (χ1v) is 5.72. The van der Waals surface area contributed by atoms with Crippen LogP contribution in [0.25, 0.3) is 0 Å². The van der Waals surface area contributed by atoms with Crippen LogP contribution in [0.5, 0.6) is 0 Å². The summed E-state index contributed by atoms with van der Waals surface area (Å²) in [5, 5.41) is 8.82. The van der Waals surface area contributed by atoms with Crippen molar-refractivity contribution in [2.24, 2.45) is 5.73 Å². The number of nitrogens with two attached hydrogens (primary N) is 1. The van der Waals surface area contributed by atoms with Crippen molar-refractivity contribution >= 4 is 5.69 Å². The van der Waals surface area contributed by atoms with Gasteiger partial charge in [-0.15, -0.1) is 0 Å². The SMILES string of the molecule is Cc1cc(C#N)ccc1N1CCCC(N)C1. The maximum absolute atomic E-state index is 8.82. The Bertz CT molecular complexity index is 420. The molecule has 1 aliphatic heterocycles. The maximum atomic E-state index is 8.82. The molecule has 1 aromatic carbocycles. The summed E-state index contributed by atoms with van der Waals surface area (Å²) in [4.78, 5) is 2.32. The minimum absolute atomic E-state index is 0.281. The van der Waals surface area contributed by atoms with Crippen LogP contribution in [0.2, 0.25) is 0 Å². The first-order valence-electron chi connectivity index (χ1n) is 5.72. The molecule has 16 heavy (non-hydrogen) atoms. The van der Waals surface area contributed by atoms with E-state index >= 15 is 0 Å². The Balaban J connectivity index is 2.23. The fraction of sp³-hybridized carbons (Fsp3) is 0.462. The number of benzene rings is 1. The molecule has 1 heterocycles. The molecule has 0 amide bonds. The van der Waals surface area contributed by atoms with E-state index in [1.165, 1.54) is 5.69 Å². The van der Waals surface area contributed by atoms with E-state index in [4.69, 9.17) is 11.0 Å². The number of rotatable bonds is 1. The van der Waals surface area contributed by atoms with Crippen molar-refractivity contribution in [1.82, 2.24) is 0 Å². The van der Waals surface area contributed by atoms with Crippen LogP contribution < -0.4 is 10.6 Å². The van der Waals surface area contributed by atoms with E-state index in [0.717, 1.165) is 37.1 Å². The average Bonchev–Trinajstić information content (AvgIpc) is 2.28. The van der Waals surface area contributed by atoms with Crippen molar-refractivity contribution in [1.29, 1.82) is 5.26 Å². The number of aryl methyl sites for hydroxylation is 1. The van der Waals surface area contributed by atoms with Gasteiger partial charge in [0.2, 0.25) is 0 Å². The van der Waals surface area contributed by atoms with Gasteiger partial charge < -0.3 is 10.6 Å². The number of hydrogen-bond donors (Lipinski definition) is 1. The van der Waals surface area contributed by atoms with Gasteiger partial charge in [0.15, 0.2) is 0 Å². The number of piperidine rings is 1. The Hall–Kier alpha value is -1.53. The van der Waals surface area contributed by atoms with Crippen LogP contribution in [0, 0.1) is 18.3 Å². The van der Waals surface area contributed by atoms with E-state index in [1.54, 1.807) is 0 Å². The van der Waals surface area contributed by atoms with Gasteiger partial charge in [-0.05, 0) is 43.5 Å². The molecule has 2 rings (SSSR count). The summed E-state index contributed by atoms with van der Waals surface area (Å²) in [6.45, 7) is 4.05. The number of nitrogens with zero attached hydrogens (tertiary/aromatic N) is 2. The predicted octanol–water partition coefficient (Wildman–Crippen LogP) is 1.79. The highest BCUT2D eigenvalue weighted by atomic mass is 15.1. The monoisotopic (exact) mass is 215 g/mol. The predicted molar refractivity (Wildman–Crippen MR) is 65.3 cm³/mol. The molecule has 0 bridgehead atoms. The van der Waals surface area contributed by atoms with Crippen molar-refractivity contribution in [2.45, 2.75) is 25.8 Å². The zero-order chi connectivity index (χ0) is 11.5. The van der Waals surface area contributed by atoms with E-state index in [0.29, 0.717) is 0 Å². The van der Waals surface area contributed by atoms with Gasteiger partial charge in [0.25, 0.3) is 0 Å². The van der Waals surface area contributed by atoms with Crippen LogP contribution in [-0.2, 0) is 0 Å². The second-order valence-electron chi connectivity index (χ2n) is 4.46. The molecule has 1 atom stereocenters. The average molecular weight is 215 g/mol. The van der Waals surface area contributed by atoms with Crippen molar-refractivity contribution in [3.63, 3.8) is 0 Å². The highest BCUT2D eigenvalue weighted by Crippen LogP contribution is 2.24. The summed E-state index contributed by atoms with van der Waals surface area (Å²) >= 11 is 0. The molecule has 1 fully saturated rings. The van der Waals surface area contributed by atoms with Crippen LogP contribution in [-0.4, -0.2) is 19.1 Å². The molecule has 84 valence electrons. The fourth-order valence-corrected chi connectivity index (χ4v) is 2.31. The highest BCUT2D eigenvalue weighted by Gasteiger charge is 2.18. The van der Waals surface area contributed by atoms with E-state index in [2.05, 4.69) is 17.9 Å². The van der Waals surface area contributed by atoms with Crippen molar-refractivity contribution < 1.29 is 0 Å². The Kier molecular flexibility index (Phi) is 3.12. The summed E-state index contributed by atoms with van der Waals surface area (Å²) < 4.78 is 0. The van der Waals surface area contributed by atoms with Crippen LogP contribution >= 0.6 is 0 Å². The number of nitriles is 1. The Labute approximate surface area is 96.5 Å². The Morgan fingerprint density at radius 3 is 2.94 bits per heavy atom. The quantitative estimate of drug-likeness (QED) is 0.777. The van der Waals surface area contributed by atoms with Gasteiger partial charge in [0, 0.05) is 24.8 Å².